The van der Waals surface area contributed by atoms with Crippen molar-refractivity contribution in [3.63, 3.8) is 0 Å². The van der Waals surface area contributed by atoms with Gasteiger partial charge < -0.3 is 13.7 Å². The van der Waals surface area contributed by atoms with Crippen molar-refractivity contribution in [3.8, 4) is 11.5 Å². The molecule has 0 atom stereocenters. The average Bonchev–Trinajstić information content (AvgIpc) is 2.73. The highest BCUT2D eigenvalue weighted by molar-refractivity contribution is 7.87. The van der Waals surface area contributed by atoms with Gasteiger partial charge in [0.05, 0.1) is 12.7 Å². The summed E-state index contributed by atoms with van der Waals surface area (Å²) in [5.41, 5.74) is 1.13. The largest absolute Gasteiger partial charge is 0.495 e. The molecule has 0 aromatic heterocycles. The normalized spacial score (nSPS) is 11.0. The van der Waals surface area contributed by atoms with E-state index in [0.717, 1.165) is 5.56 Å². The Morgan fingerprint density at radius 3 is 2.31 bits per heavy atom. The first-order valence-electron chi connectivity index (χ1n) is 8.48. The Morgan fingerprint density at radius 1 is 0.966 bits per heavy atom. The Hall–Kier alpha value is -3.03. The number of esters is 1. The minimum atomic E-state index is -4.18. The summed E-state index contributed by atoms with van der Waals surface area (Å²) in [6.45, 7) is 0.140. The van der Waals surface area contributed by atoms with Crippen LogP contribution in [-0.2, 0) is 21.5 Å². The number of carbonyl (C=O) groups excluding carboxylic acids is 1. The molecule has 0 saturated carbocycles. The SMILES string of the molecule is COc1ccc(Cl)cc1S(=O)(=O)Oc1ccc(C(=O)OCc2ccccc2)cc1. The minimum Gasteiger partial charge on any atom is -0.495 e. The molecule has 0 amide bonds. The van der Waals surface area contributed by atoms with Crippen molar-refractivity contribution < 1.29 is 26.9 Å². The number of methoxy groups -OCH3 is 1. The Bertz CT molecular complexity index is 1100. The quantitative estimate of drug-likeness (QED) is 0.404. The number of benzene rings is 3. The van der Waals surface area contributed by atoms with Gasteiger partial charge in [0.2, 0.25) is 0 Å². The van der Waals surface area contributed by atoms with Gasteiger partial charge >= 0.3 is 16.1 Å². The fourth-order valence-corrected chi connectivity index (χ4v) is 3.83. The number of ether oxygens (including phenoxy) is 2. The molecule has 0 aliphatic rings. The molecule has 0 radical (unpaired) electrons. The van der Waals surface area contributed by atoms with E-state index in [-0.39, 0.29) is 33.6 Å². The zero-order chi connectivity index (χ0) is 20.9. The maximum atomic E-state index is 12.6. The van der Waals surface area contributed by atoms with Crippen LogP contribution in [-0.4, -0.2) is 21.5 Å². The van der Waals surface area contributed by atoms with Crippen molar-refractivity contribution in [3.05, 3.63) is 88.9 Å². The first-order valence-corrected chi connectivity index (χ1v) is 10.3. The molecule has 0 N–H and O–H groups in total. The van der Waals surface area contributed by atoms with Gasteiger partial charge in [-0.2, -0.15) is 8.42 Å². The minimum absolute atomic E-state index is 0.0339. The summed E-state index contributed by atoms with van der Waals surface area (Å²) in [5.74, 6) is -0.387. The molecule has 3 aromatic carbocycles. The lowest BCUT2D eigenvalue weighted by Crippen LogP contribution is -2.11. The molecule has 0 spiro atoms. The van der Waals surface area contributed by atoms with Gasteiger partial charge in [-0.3, -0.25) is 0 Å². The number of rotatable bonds is 7. The van der Waals surface area contributed by atoms with Gasteiger partial charge in [-0.1, -0.05) is 41.9 Å². The maximum Gasteiger partial charge on any atom is 0.342 e. The molecule has 0 heterocycles. The van der Waals surface area contributed by atoms with E-state index >= 15 is 0 Å². The first-order chi connectivity index (χ1) is 13.9. The molecule has 150 valence electrons. The van der Waals surface area contributed by atoms with E-state index < -0.39 is 16.1 Å². The molecule has 0 fully saturated rings. The van der Waals surface area contributed by atoms with Crippen LogP contribution in [0.15, 0.2) is 77.7 Å². The Balaban J connectivity index is 1.70. The summed E-state index contributed by atoms with van der Waals surface area (Å²) in [4.78, 5) is 11.9. The third-order valence-electron chi connectivity index (χ3n) is 3.90. The smallest absolute Gasteiger partial charge is 0.342 e. The number of halogens is 1. The highest BCUT2D eigenvalue weighted by Crippen LogP contribution is 2.29. The highest BCUT2D eigenvalue weighted by Gasteiger charge is 2.22. The fourth-order valence-electron chi connectivity index (χ4n) is 2.47. The second kappa shape index (κ2) is 8.98. The van der Waals surface area contributed by atoms with Crippen LogP contribution < -0.4 is 8.92 Å². The number of hydrogen-bond acceptors (Lipinski definition) is 6. The highest BCUT2D eigenvalue weighted by atomic mass is 35.5. The van der Waals surface area contributed by atoms with E-state index in [1.54, 1.807) is 0 Å². The maximum absolute atomic E-state index is 12.6. The molecule has 3 rings (SSSR count). The van der Waals surface area contributed by atoms with Crippen molar-refractivity contribution in [2.24, 2.45) is 0 Å². The topological polar surface area (TPSA) is 78.9 Å². The Morgan fingerprint density at radius 2 is 1.66 bits per heavy atom. The van der Waals surface area contributed by atoms with Crippen LogP contribution >= 0.6 is 11.6 Å². The van der Waals surface area contributed by atoms with E-state index in [0.29, 0.717) is 0 Å². The van der Waals surface area contributed by atoms with Crippen molar-refractivity contribution in [1.29, 1.82) is 0 Å². The van der Waals surface area contributed by atoms with Crippen LogP contribution in [0.4, 0.5) is 0 Å². The average molecular weight is 433 g/mol. The molecule has 6 nitrogen and oxygen atoms in total. The third-order valence-corrected chi connectivity index (χ3v) is 5.41. The molecule has 0 aliphatic heterocycles. The molecule has 0 unspecified atom stereocenters. The standard InChI is InChI=1S/C21H17ClO6S/c1-26-19-12-9-17(22)13-20(19)29(24,25)28-18-10-7-16(8-11-18)21(23)27-14-15-5-3-2-4-6-15/h2-13H,14H2,1H3. The second-order valence-corrected chi connectivity index (χ2v) is 7.87. The van der Waals surface area contributed by atoms with E-state index in [1.807, 2.05) is 30.3 Å². The molecular formula is C21H17ClO6S. The third kappa shape index (κ3) is 5.28. The zero-order valence-electron chi connectivity index (χ0n) is 15.4. The van der Waals surface area contributed by atoms with Gasteiger partial charge in [-0.15, -0.1) is 0 Å². The van der Waals surface area contributed by atoms with Gasteiger partial charge in [0.1, 0.15) is 23.0 Å². The van der Waals surface area contributed by atoms with E-state index in [9.17, 15) is 13.2 Å². The van der Waals surface area contributed by atoms with E-state index in [2.05, 4.69) is 0 Å². The first kappa shape index (κ1) is 20.7. The zero-order valence-corrected chi connectivity index (χ0v) is 16.9. The van der Waals surface area contributed by atoms with Gasteiger partial charge in [0, 0.05) is 5.02 Å². The fraction of sp³-hybridized carbons (Fsp3) is 0.0952. The second-order valence-electron chi connectivity index (χ2n) is 5.92. The van der Waals surface area contributed by atoms with Gasteiger partial charge in [-0.05, 0) is 48.0 Å². The summed E-state index contributed by atoms with van der Waals surface area (Å²) >= 11 is 5.89. The lowest BCUT2D eigenvalue weighted by molar-refractivity contribution is 0.0472. The van der Waals surface area contributed by atoms with Crippen LogP contribution in [0.5, 0.6) is 11.5 Å². The van der Waals surface area contributed by atoms with Crippen molar-refractivity contribution in [2.45, 2.75) is 11.5 Å². The molecular weight excluding hydrogens is 416 g/mol. The number of hydrogen-bond donors (Lipinski definition) is 0. The molecule has 0 bridgehead atoms. The van der Waals surface area contributed by atoms with Gasteiger partial charge in [0.15, 0.2) is 0 Å². The monoisotopic (exact) mass is 432 g/mol. The van der Waals surface area contributed by atoms with Crippen LogP contribution in [0.2, 0.25) is 5.02 Å². The van der Waals surface area contributed by atoms with Crippen LogP contribution in [0, 0.1) is 0 Å². The number of carbonyl (C=O) groups is 1. The molecule has 0 aliphatic carbocycles. The molecule has 8 heteroatoms. The van der Waals surface area contributed by atoms with Crippen LogP contribution in [0.25, 0.3) is 0 Å². The van der Waals surface area contributed by atoms with Crippen LogP contribution in [0.1, 0.15) is 15.9 Å². The lowest BCUT2D eigenvalue weighted by Gasteiger charge is -2.11. The summed E-state index contributed by atoms with van der Waals surface area (Å²) in [5, 5.41) is 0.226. The predicted molar refractivity (Wildman–Crippen MR) is 108 cm³/mol. The van der Waals surface area contributed by atoms with Crippen LogP contribution in [0.3, 0.4) is 0 Å². The predicted octanol–water partition coefficient (Wildman–Crippen LogP) is 4.47. The van der Waals surface area contributed by atoms with E-state index in [4.69, 9.17) is 25.3 Å². The Kier molecular flexibility index (Phi) is 6.41. The van der Waals surface area contributed by atoms with Gasteiger partial charge in [-0.25, -0.2) is 4.79 Å². The summed E-state index contributed by atoms with van der Waals surface area (Å²) in [7, 11) is -2.84. The van der Waals surface area contributed by atoms with Crippen molar-refractivity contribution in [1.82, 2.24) is 0 Å². The lowest BCUT2D eigenvalue weighted by atomic mass is 10.2. The van der Waals surface area contributed by atoms with Crippen molar-refractivity contribution >= 4 is 27.7 Å². The summed E-state index contributed by atoms with van der Waals surface area (Å²) in [6, 6.07) is 19.0. The molecule has 3 aromatic rings. The van der Waals surface area contributed by atoms with Gasteiger partial charge in [0.25, 0.3) is 0 Å². The van der Waals surface area contributed by atoms with E-state index in [1.165, 1.54) is 49.6 Å². The van der Waals surface area contributed by atoms with Crippen molar-refractivity contribution in [2.75, 3.05) is 7.11 Å². The summed E-state index contributed by atoms with van der Waals surface area (Å²) in [6.07, 6.45) is 0. The Labute approximate surface area is 173 Å². The summed E-state index contributed by atoms with van der Waals surface area (Å²) < 4.78 is 40.5. The molecule has 0 saturated heterocycles. The molecule has 29 heavy (non-hydrogen) atoms.